The van der Waals surface area contributed by atoms with Gasteiger partial charge in [-0.2, -0.15) is 0 Å². The number of nitrogens with zero attached hydrogens (tertiary/aromatic N) is 3. The molecule has 4 rings (SSSR count). The second-order valence-electron chi connectivity index (χ2n) is 9.30. The fourth-order valence-corrected chi connectivity index (χ4v) is 3.87. The van der Waals surface area contributed by atoms with Gasteiger partial charge in [-0.1, -0.05) is 38.4 Å². The third-order valence-corrected chi connectivity index (χ3v) is 5.81. The fraction of sp³-hybridized carbons (Fsp3) is 0.440. The Morgan fingerprint density at radius 1 is 1.12 bits per heavy atom. The van der Waals surface area contributed by atoms with Crippen molar-refractivity contribution in [2.24, 2.45) is 0 Å². The number of ether oxygens (including phenoxy) is 1. The maximum Gasteiger partial charge on any atom is 0.289 e. The van der Waals surface area contributed by atoms with E-state index in [1.807, 2.05) is 23.2 Å². The number of halogens is 1. The lowest BCUT2D eigenvalue weighted by atomic mass is 9.94. The zero-order chi connectivity index (χ0) is 23.4. The topological polar surface area (TPSA) is 72.0 Å². The van der Waals surface area contributed by atoms with Crippen LogP contribution in [0.1, 0.15) is 55.2 Å². The Morgan fingerprint density at radius 2 is 1.97 bits per heavy atom. The van der Waals surface area contributed by atoms with Crippen LogP contribution in [0.15, 0.2) is 51.4 Å². The summed E-state index contributed by atoms with van der Waals surface area (Å²) in [5.74, 6) is 3.08. The number of hydrogen-bond donors (Lipinski definition) is 0. The lowest BCUT2D eigenvalue weighted by Gasteiger charge is -2.20. The van der Waals surface area contributed by atoms with Gasteiger partial charge >= 0.3 is 0 Å². The molecule has 0 aliphatic carbocycles. The van der Waals surface area contributed by atoms with Crippen molar-refractivity contribution in [2.75, 3.05) is 26.2 Å². The van der Waals surface area contributed by atoms with Crippen LogP contribution in [-0.4, -0.2) is 46.9 Å². The van der Waals surface area contributed by atoms with Crippen molar-refractivity contribution in [3.05, 3.63) is 70.8 Å². The number of carbonyl (C=O) groups is 1. The van der Waals surface area contributed by atoms with Crippen LogP contribution >= 0.6 is 11.6 Å². The summed E-state index contributed by atoms with van der Waals surface area (Å²) in [5.41, 5.74) is -0.0612. The number of amides is 1. The predicted molar refractivity (Wildman–Crippen MR) is 125 cm³/mol. The summed E-state index contributed by atoms with van der Waals surface area (Å²) in [5, 5.41) is 0.607. The SMILES string of the molecule is CC(C)(C)c1cnc(CN2CCCN(C(=O)c3ccc(COc4cccc(Cl)c4)o3)CC2)o1. The van der Waals surface area contributed by atoms with Gasteiger partial charge in [0.25, 0.3) is 5.91 Å². The monoisotopic (exact) mass is 471 g/mol. The molecule has 33 heavy (non-hydrogen) atoms. The van der Waals surface area contributed by atoms with Crippen molar-refractivity contribution < 1.29 is 18.4 Å². The van der Waals surface area contributed by atoms with Gasteiger partial charge in [0.2, 0.25) is 5.89 Å². The molecule has 0 saturated carbocycles. The molecule has 1 saturated heterocycles. The minimum absolute atomic E-state index is 0.0612. The van der Waals surface area contributed by atoms with Gasteiger partial charge in [-0.15, -0.1) is 0 Å². The number of furan rings is 1. The van der Waals surface area contributed by atoms with Gasteiger partial charge < -0.3 is 18.5 Å². The first-order chi connectivity index (χ1) is 15.8. The van der Waals surface area contributed by atoms with Crippen LogP contribution in [0.25, 0.3) is 0 Å². The number of oxazole rings is 1. The molecule has 176 valence electrons. The molecule has 0 radical (unpaired) electrons. The van der Waals surface area contributed by atoms with Crippen molar-refractivity contribution in [3.8, 4) is 5.75 Å². The van der Waals surface area contributed by atoms with Gasteiger partial charge in [0.1, 0.15) is 23.9 Å². The first-order valence-electron chi connectivity index (χ1n) is 11.2. The van der Waals surface area contributed by atoms with Gasteiger partial charge in [-0.3, -0.25) is 9.69 Å². The average Bonchev–Trinajstić information content (AvgIpc) is 3.38. The van der Waals surface area contributed by atoms with Crippen LogP contribution in [0.4, 0.5) is 0 Å². The largest absolute Gasteiger partial charge is 0.486 e. The van der Waals surface area contributed by atoms with Crippen LogP contribution < -0.4 is 4.74 Å². The minimum atomic E-state index is -0.100. The zero-order valence-corrected chi connectivity index (χ0v) is 20.1. The molecular formula is C25H30ClN3O4. The van der Waals surface area contributed by atoms with Crippen LogP contribution in [0.2, 0.25) is 5.02 Å². The molecule has 0 N–H and O–H groups in total. The molecule has 0 bridgehead atoms. The minimum Gasteiger partial charge on any atom is -0.486 e. The maximum absolute atomic E-state index is 13.0. The second-order valence-corrected chi connectivity index (χ2v) is 9.74. The summed E-state index contributed by atoms with van der Waals surface area (Å²) in [7, 11) is 0. The number of hydrogen-bond acceptors (Lipinski definition) is 6. The molecule has 1 aliphatic rings. The lowest BCUT2D eigenvalue weighted by molar-refractivity contribution is 0.0724. The summed E-state index contributed by atoms with van der Waals surface area (Å²) in [6.45, 7) is 10.1. The molecule has 3 heterocycles. The van der Waals surface area contributed by atoms with Crippen LogP contribution in [0.3, 0.4) is 0 Å². The number of aromatic nitrogens is 1. The van der Waals surface area contributed by atoms with Crippen LogP contribution in [0, 0.1) is 0 Å². The third-order valence-electron chi connectivity index (χ3n) is 5.58. The lowest BCUT2D eigenvalue weighted by Crippen LogP contribution is -2.35. The van der Waals surface area contributed by atoms with E-state index in [-0.39, 0.29) is 17.9 Å². The van der Waals surface area contributed by atoms with Gasteiger partial charge in [-0.25, -0.2) is 4.98 Å². The molecule has 7 nitrogen and oxygen atoms in total. The highest BCUT2D eigenvalue weighted by molar-refractivity contribution is 6.30. The Morgan fingerprint density at radius 3 is 2.73 bits per heavy atom. The Balaban J connectivity index is 1.30. The Labute approximate surface area is 199 Å². The summed E-state index contributed by atoms with van der Waals surface area (Å²) in [4.78, 5) is 21.5. The molecule has 0 unspecified atom stereocenters. The summed E-state index contributed by atoms with van der Waals surface area (Å²) < 4.78 is 17.4. The molecule has 1 amide bonds. The Kier molecular flexibility index (Phi) is 7.10. The molecule has 8 heteroatoms. The van der Waals surface area contributed by atoms with E-state index in [4.69, 9.17) is 25.2 Å². The molecule has 2 aromatic heterocycles. The third kappa shape index (κ3) is 6.18. The van der Waals surface area contributed by atoms with Crippen molar-refractivity contribution in [3.63, 3.8) is 0 Å². The van der Waals surface area contributed by atoms with E-state index in [2.05, 4.69) is 30.7 Å². The van der Waals surface area contributed by atoms with E-state index in [0.29, 0.717) is 41.9 Å². The second kappa shape index (κ2) is 10.0. The van der Waals surface area contributed by atoms with E-state index < -0.39 is 0 Å². The molecular weight excluding hydrogens is 442 g/mol. The number of benzene rings is 1. The number of carbonyl (C=O) groups excluding carboxylic acids is 1. The molecule has 3 aromatic rings. The van der Waals surface area contributed by atoms with Crippen molar-refractivity contribution >= 4 is 17.5 Å². The van der Waals surface area contributed by atoms with E-state index in [9.17, 15) is 4.79 Å². The summed E-state index contributed by atoms with van der Waals surface area (Å²) >= 11 is 5.98. The zero-order valence-electron chi connectivity index (χ0n) is 19.3. The number of rotatable bonds is 6. The van der Waals surface area contributed by atoms with Gasteiger partial charge in [0.15, 0.2) is 5.76 Å². The summed E-state index contributed by atoms with van der Waals surface area (Å²) in [6, 6.07) is 10.7. The fourth-order valence-electron chi connectivity index (χ4n) is 3.69. The van der Waals surface area contributed by atoms with Gasteiger partial charge in [0.05, 0.1) is 12.7 Å². The quantitative estimate of drug-likeness (QED) is 0.495. The average molecular weight is 472 g/mol. The highest BCUT2D eigenvalue weighted by Gasteiger charge is 2.24. The van der Waals surface area contributed by atoms with Gasteiger partial charge in [0, 0.05) is 36.6 Å². The normalized spacial score (nSPS) is 15.5. The van der Waals surface area contributed by atoms with Gasteiger partial charge in [-0.05, 0) is 36.8 Å². The maximum atomic E-state index is 13.0. The van der Waals surface area contributed by atoms with Crippen LogP contribution in [-0.2, 0) is 18.6 Å². The van der Waals surface area contributed by atoms with Crippen LogP contribution in [0.5, 0.6) is 5.75 Å². The smallest absolute Gasteiger partial charge is 0.289 e. The molecule has 0 spiro atoms. The highest BCUT2D eigenvalue weighted by Crippen LogP contribution is 2.24. The molecule has 1 fully saturated rings. The van der Waals surface area contributed by atoms with E-state index in [1.165, 1.54) is 0 Å². The van der Waals surface area contributed by atoms with Crippen molar-refractivity contribution in [1.82, 2.24) is 14.8 Å². The van der Waals surface area contributed by atoms with Crippen molar-refractivity contribution in [2.45, 2.75) is 45.8 Å². The summed E-state index contributed by atoms with van der Waals surface area (Å²) in [6.07, 6.45) is 2.69. The molecule has 1 aliphatic heterocycles. The predicted octanol–water partition coefficient (Wildman–Crippen LogP) is 5.15. The first kappa shape index (κ1) is 23.4. The Hall–Kier alpha value is -2.77. The molecule has 0 atom stereocenters. The van der Waals surface area contributed by atoms with Crippen molar-refractivity contribution in [1.29, 1.82) is 0 Å². The van der Waals surface area contributed by atoms with E-state index in [1.54, 1.807) is 24.3 Å². The standard InChI is InChI=1S/C25H30ClN3O4/c1-25(2,3)22-15-27-23(33-22)16-28-10-5-11-29(13-12-28)24(30)21-9-8-20(32-21)17-31-19-7-4-6-18(26)14-19/h4,6-9,14-15H,5,10-13,16-17H2,1-3H3. The highest BCUT2D eigenvalue weighted by atomic mass is 35.5. The molecule has 1 aromatic carbocycles. The van der Waals surface area contributed by atoms with E-state index in [0.717, 1.165) is 31.2 Å². The Bertz CT molecular complexity index is 1090. The first-order valence-corrected chi connectivity index (χ1v) is 11.6. The van der Waals surface area contributed by atoms with E-state index >= 15 is 0 Å².